The van der Waals surface area contributed by atoms with Crippen LogP contribution in [-0.2, 0) is 37.9 Å². The van der Waals surface area contributed by atoms with Gasteiger partial charge in [-0.25, -0.2) is 0 Å². The highest BCUT2D eigenvalue weighted by Crippen LogP contribution is 2.55. The molecule has 4 heterocycles. The number of rotatable bonds is 0. The van der Waals surface area contributed by atoms with Crippen LogP contribution in [0.2, 0.25) is 0 Å². The van der Waals surface area contributed by atoms with Crippen molar-refractivity contribution in [1.29, 1.82) is 0 Å². The van der Waals surface area contributed by atoms with Crippen LogP contribution in [0.3, 0.4) is 0 Å². The van der Waals surface area contributed by atoms with Crippen molar-refractivity contribution in [3.8, 4) is 11.5 Å². The van der Waals surface area contributed by atoms with Gasteiger partial charge in [0.05, 0.1) is 114 Å². The lowest BCUT2D eigenvalue weighted by atomic mass is 10.3. The zero-order valence-electron chi connectivity index (χ0n) is 24.9. The van der Waals surface area contributed by atoms with Gasteiger partial charge in [0.15, 0.2) is 0 Å². The minimum atomic E-state index is 0.461. The van der Waals surface area contributed by atoms with Gasteiger partial charge in [-0.3, -0.25) is 0 Å². The number of hydrogen-bond donors (Lipinski definition) is 0. The van der Waals surface area contributed by atoms with Crippen molar-refractivity contribution >= 4 is 47.0 Å². The molecule has 0 fully saturated rings. The number of hydrogen-bond acceptors (Lipinski definition) is 14. The lowest BCUT2D eigenvalue weighted by Gasteiger charge is -2.10. The SMILES string of the molecule is C1=C2COCCOCCOCCOCCOc3ccc(cc3)OCCOCCOCCOCCOCC3=CS/C(=C(/S1)S2)S3. The molecule has 0 atom stereocenters. The van der Waals surface area contributed by atoms with E-state index in [0.717, 1.165) is 11.5 Å². The molecule has 44 heavy (non-hydrogen) atoms. The van der Waals surface area contributed by atoms with E-state index in [1.807, 2.05) is 24.3 Å². The number of ether oxygens (including phenoxy) is 10. The molecular weight excluding hydrogens is 649 g/mol. The molecule has 0 unspecified atom stereocenters. The Kier molecular flexibility index (Phi) is 19.2. The second-order valence-electron chi connectivity index (χ2n) is 9.13. The summed E-state index contributed by atoms with van der Waals surface area (Å²) in [7, 11) is 0. The number of thioether (sulfide) groups is 4. The Labute approximate surface area is 277 Å². The van der Waals surface area contributed by atoms with Crippen molar-refractivity contribution < 1.29 is 47.4 Å². The van der Waals surface area contributed by atoms with E-state index in [0.29, 0.717) is 119 Å². The summed E-state index contributed by atoms with van der Waals surface area (Å²) in [6, 6.07) is 7.50. The van der Waals surface area contributed by atoms with Crippen LogP contribution in [0.5, 0.6) is 11.5 Å². The summed E-state index contributed by atoms with van der Waals surface area (Å²) in [5, 5.41) is 4.34. The first-order valence-corrected chi connectivity index (χ1v) is 18.0. The lowest BCUT2D eigenvalue weighted by Crippen LogP contribution is -2.14. The van der Waals surface area contributed by atoms with Crippen LogP contribution in [0.25, 0.3) is 0 Å². The Hall–Kier alpha value is -0.880. The van der Waals surface area contributed by atoms with Gasteiger partial charge in [0.1, 0.15) is 24.7 Å². The van der Waals surface area contributed by atoms with Gasteiger partial charge in [-0.2, -0.15) is 0 Å². The van der Waals surface area contributed by atoms with Crippen LogP contribution in [0.15, 0.2) is 53.4 Å². The van der Waals surface area contributed by atoms with Gasteiger partial charge >= 0.3 is 0 Å². The third kappa shape index (κ3) is 15.6. The maximum Gasteiger partial charge on any atom is 0.119 e. The summed E-state index contributed by atoms with van der Waals surface area (Å²) in [6.45, 7) is 9.38. The van der Waals surface area contributed by atoms with Crippen molar-refractivity contribution in [2.45, 2.75) is 0 Å². The molecule has 0 aliphatic carbocycles. The molecule has 0 aromatic heterocycles. The minimum Gasteiger partial charge on any atom is -0.491 e. The van der Waals surface area contributed by atoms with Crippen LogP contribution in [0.4, 0.5) is 0 Å². The van der Waals surface area contributed by atoms with E-state index in [4.69, 9.17) is 47.4 Å². The van der Waals surface area contributed by atoms with Gasteiger partial charge in [-0.1, -0.05) is 47.0 Å². The highest BCUT2D eigenvalue weighted by Gasteiger charge is 2.22. The van der Waals surface area contributed by atoms with Crippen molar-refractivity contribution in [2.75, 3.05) is 119 Å². The molecule has 4 aliphatic rings. The van der Waals surface area contributed by atoms with E-state index in [2.05, 4.69) is 10.8 Å². The van der Waals surface area contributed by atoms with Crippen LogP contribution < -0.4 is 9.47 Å². The molecule has 14 heteroatoms. The van der Waals surface area contributed by atoms with Crippen molar-refractivity contribution in [1.82, 2.24) is 0 Å². The predicted molar refractivity (Wildman–Crippen MR) is 178 cm³/mol. The third-order valence-electron chi connectivity index (χ3n) is 5.75. The van der Waals surface area contributed by atoms with Gasteiger partial charge in [-0.15, -0.1) is 0 Å². The lowest BCUT2D eigenvalue weighted by molar-refractivity contribution is -0.00246. The second-order valence-corrected chi connectivity index (χ2v) is 13.7. The summed E-state index contributed by atoms with van der Waals surface area (Å²) >= 11 is 7.07. The zero-order chi connectivity index (χ0) is 30.3. The summed E-state index contributed by atoms with van der Waals surface area (Å²) < 4.78 is 59.1. The maximum absolute atomic E-state index is 5.80. The van der Waals surface area contributed by atoms with Gasteiger partial charge in [-0.05, 0) is 35.1 Å². The zero-order valence-corrected chi connectivity index (χ0v) is 28.2. The number of fused-ring (bicyclic) bond motifs is 28. The Morgan fingerprint density at radius 3 is 1.00 bits per heavy atom. The van der Waals surface area contributed by atoms with Gasteiger partial charge < -0.3 is 47.4 Å². The summed E-state index contributed by atoms with van der Waals surface area (Å²) in [5.74, 6) is 1.53. The summed E-state index contributed by atoms with van der Waals surface area (Å²) in [4.78, 5) is 2.43. The highest BCUT2D eigenvalue weighted by atomic mass is 32.2. The summed E-state index contributed by atoms with van der Waals surface area (Å²) in [6.07, 6.45) is 0. The average molecular weight is 691 g/mol. The molecule has 0 radical (unpaired) electrons. The summed E-state index contributed by atoms with van der Waals surface area (Å²) in [5.41, 5.74) is 0. The Bertz CT molecular complexity index is 943. The molecule has 6 bridgehead atoms. The van der Waals surface area contributed by atoms with E-state index in [-0.39, 0.29) is 0 Å². The van der Waals surface area contributed by atoms with Crippen molar-refractivity contribution in [3.05, 3.63) is 53.4 Å². The van der Waals surface area contributed by atoms with E-state index < -0.39 is 0 Å². The van der Waals surface area contributed by atoms with Gasteiger partial charge in [0.2, 0.25) is 0 Å². The van der Waals surface area contributed by atoms with Crippen LogP contribution >= 0.6 is 47.0 Å². The Morgan fingerprint density at radius 1 is 0.364 bits per heavy atom. The standard InChI is InChI=1S/C30H42O10S4/c1-2-26-4-3-25(1)39-19-17-35-11-9-31-5-7-33-13-15-37-21-27-23-41-29(43-27)30-42-24-28(44-30)22-38-16-14-34-8-6-32-10-12-36-18-20-40-26/h1-4,23-24H,5-22H2/b30-29+. The monoisotopic (exact) mass is 690 g/mol. The van der Waals surface area contributed by atoms with Crippen molar-refractivity contribution in [3.63, 3.8) is 0 Å². The molecule has 5 rings (SSSR count). The first kappa shape index (κ1) is 36.0. The Morgan fingerprint density at radius 2 is 0.659 bits per heavy atom. The van der Waals surface area contributed by atoms with Crippen molar-refractivity contribution in [2.24, 2.45) is 0 Å². The molecule has 246 valence electrons. The van der Waals surface area contributed by atoms with Crippen LogP contribution in [0, 0.1) is 0 Å². The molecular formula is C30H42O10S4. The molecule has 0 amide bonds. The molecule has 10 nitrogen and oxygen atoms in total. The molecule has 4 aliphatic heterocycles. The fourth-order valence-corrected chi connectivity index (χ4v) is 8.41. The van der Waals surface area contributed by atoms with E-state index in [1.54, 1.807) is 47.0 Å². The largest absolute Gasteiger partial charge is 0.491 e. The normalized spacial score (nSPS) is 24.3. The van der Waals surface area contributed by atoms with Gasteiger partial charge in [0.25, 0.3) is 0 Å². The van der Waals surface area contributed by atoms with Gasteiger partial charge in [0, 0.05) is 9.81 Å². The van der Waals surface area contributed by atoms with E-state index in [9.17, 15) is 0 Å². The fraction of sp³-hybridized carbons (Fsp3) is 0.600. The number of benzene rings is 1. The maximum atomic E-state index is 5.80. The van der Waals surface area contributed by atoms with Crippen LogP contribution in [0.1, 0.15) is 0 Å². The Balaban J connectivity index is 1.10. The van der Waals surface area contributed by atoms with E-state index in [1.165, 1.54) is 18.3 Å². The quantitative estimate of drug-likeness (QED) is 0.327. The average Bonchev–Trinajstić information content (AvgIpc) is 3.71. The third-order valence-corrected chi connectivity index (χ3v) is 11.1. The molecule has 0 saturated carbocycles. The molecule has 0 spiro atoms. The molecule has 1 aromatic rings. The molecule has 0 N–H and O–H groups in total. The minimum absolute atomic E-state index is 0.461. The second kappa shape index (κ2) is 23.4. The first-order valence-electron chi connectivity index (χ1n) is 14.7. The molecule has 1 aromatic carbocycles. The smallest absolute Gasteiger partial charge is 0.119 e. The van der Waals surface area contributed by atoms with Crippen LogP contribution in [-0.4, -0.2) is 119 Å². The fourth-order valence-electron chi connectivity index (χ4n) is 3.61. The first-order chi connectivity index (χ1) is 21.9. The highest BCUT2D eigenvalue weighted by molar-refractivity contribution is 8.33. The molecule has 0 saturated heterocycles. The van der Waals surface area contributed by atoms with E-state index >= 15 is 0 Å². The topological polar surface area (TPSA) is 92.3 Å². The predicted octanol–water partition coefficient (Wildman–Crippen LogP) is 5.36.